The number of anilines is 2. The topological polar surface area (TPSA) is 108 Å². The number of carbonyl (C=O) groups excluding carboxylic acids is 2. The van der Waals surface area contributed by atoms with Gasteiger partial charge in [-0.25, -0.2) is 4.79 Å². The molecule has 0 aliphatic heterocycles. The summed E-state index contributed by atoms with van der Waals surface area (Å²) in [6.07, 6.45) is 0. The fourth-order valence-corrected chi connectivity index (χ4v) is 3.65. The fraction of sp³-hybridized carbons (Fsp3) is 0. The van der Waals surface area contributed by atoms with Crippen molar-refractivity contribution < 1.29 is 9.59 Å². The number of imide groups is 1. The van der Waals surface area contributed by atoms with Gasteiger partial charge in [0.05, 0.1) is 5.56 Å². The fourth-order valence-electron chi connectivity index (χ4n) is 2.47. The lowest BCUT2D eigenvalue weighted by atomic mass is 10.0. The predicted octanol–water partition coefficient (Wildman–Crippen LogP) is 5.14. The Labute approximate surface area is 174 Å². The smallest absolute Gasteiger partial charge is 0.326 e. The highest BCUT2D eigenvalue weighted by atomic mass is 35.5. The van der Waals surface area contributed by atoms with Crippen molar-refractivity contribution in [2.75, 3.05) is 11.1 Å². The van der Waals surface area contributed by atoms with Gasteiger partial charge in [-0.1, -0.05) is 35.3 Å². The largest absolute Gasteiger partial charge is 0.389 e. The van der Waals surface area contributed by atoms with Crippen LogP contribution in [0.5, 0.6) is 0 Å². The molecule has 3 aromatic rings. The number of amides is 3. The molecule has 0 spiro atoms. The van der Waals surface area contributed by atoms with Crippen LogP contribution in [0.1, 0.15) is 15.2 Å². The Hall–Kier alpha value is -3.05. The first-order valence-corrected chi connectivity index (χ1v) is 9.42. The van der Waals surface area contributed by atoms with Crippen LogP contribution in [-0.4, -0.2) is 11.9 Å². The van der Waals surface area contributed by atoms with Crippen LogP contribution in [0.25, 0.3) is 11.1 Å². The van der Waals surface area contributed by atoms with Gasteiger partial charge in [-0.2, -0.15) is 5.26 Å². The van der Waals surface area contributed by atoms with Crippen molar-refractivity contribution in [3.05, 3.63) is 69.0 Å². The first-order valence-electron chi connectivity index (χ1n) is 7.85. The molecule has 0 radical (unpaired) electrons. The molecule has 2 aromatic carbocycles. The molecule has 4 N–H and O–H groups in total. The van der Waals surface area contributed by atoms with Gasteiger partial charge in [0.25, 0.3) is 5.91 Å². The van der Waals surface area contributed by atoms with Crippen LogP contribution in [0, 0.1) is 11.3 Å². The lowest BCUT2D eigenvalue weighted by Crippen LogP contribution is -2.34. The quantitative estimate of drug-likeness (QED) is 0.534. The molecule has 0 atom stereocenters. The third-order valence-electron chi connectivity index (χ3n) is 3.72. The van der Waals surface area contributed by atoms with Crippen molar-refractivity contribution in [1.29, 1.82) is 5.26 Å². The van der Waals surface area contributed by atoms with Crippen LogP contribution >= 0.6 is 34.5 Å². The number of hydrogen-bond acceptors (Lipinski definition) is 5. The monoisotopic (exact) mass is 430 g/mol. The highest BCUT2D eigenvalue weighted by molar-refractivity contribution is 7.18. The summed E-state index contributed by atoms with van der Waals surface area (Å²) >= 11 is 12.6. The molecule has 0 saturated heterocycles. The second kappa shape index (κ2) is 8.31. The Morgan fingerprint density at radius 1 is 1.00 bits per heavy atom. The van der Waals surface area contributed by atoms with E-state index in [2.05, 4.69) is 10.6 Å². The van der Waals surface area contributed by atoms with Crippen molar-refractivity contribution in [3.63, 3.8) is 0 Å². The number of nitrogens with zero attached hydrogens (tertiary/aromatic N) is 1. The summed E-state index contributed by atoms with van der Waals surface area (Å²) in [5.74, 6) is -0.672. The van der Waals surface area contributed by atoms with E-state index in [-0.39, 0.29) is 15.4 Å². The summed E-state index contributed by atoms with van der Waals surface area (Å²) in [6, 6.07) is 14.3. The second-order valence-electron chi connectivity index (χ2n) is 5.58. The number of carbonyl (C=O) groups is 2. The molecule has 1 aromatic heterocycles. The van der Waals surface area contributed by atoms with E-state index in [0.29, 0.717) is 26.9 Å². The maximum atomic E-state index is 12.7. The summed E-state index contributed by atoms with van der Waals surface area (Å²) in [5, 5.41) is 15.4. The van der Waals surface area contributed by atoms with E-state index < -0.39 is 11.9 Å². The van der Waals surface area contributed by atoms with Gasteiger partial charge < -0.3 is 11.1 Å². The SMILES string of the molecule is N#Cc1c(N)sc(C(=O)NC(=O)Nc2ccc(Cl)cc2)c1-c1ccc(Cl)cc1. The van der Waals surface area contributed by atoms with Crippen LogP contribution in [0.15, 0.2) is 48.5 Å². The van der Waals surface area contributed by atoms with Gasteiger partial charge >= 0.3 is 6.03 Å². The number of hydrogen-bond donors (Lipinski definition) is 3. The number of halogens is 2. The summed E-state index contributed by atoms with van der Waals surface area (Å²) in [6.45, 7) is 0. The summed E-state index contributed by atoms with van der Waals surface area (Å²) in [5.41, 5.74) is 7.50. The Balaban J connectivity index is 1.87. The first-order chi connectivity index (χ1) is 13.4. The highest BCUT2D eigenvalue weighted by Crippen LogP contribution is 2.38. The highest BCUT2D eigenvalue weighted by Gasteiger charge is 2.24. The van der Waals surface area contributed by atoms with Crippen molar-refractivity contribution in [2.45, 2.75) is 0 Å². The number of benzene rings is 2. The minimum Gasteiger partial charge on any atom is -0.389 e. The Morgan fingerprint density at radius 2 is 1.57 bits per heavy atom. The standard InChI is InChI=1S/C19H12Cl2N4O2S/c20-11-3-1-10(2-4-11)15-14(9-22)17(23)28-16(15)18(26)25-19(27)24-13-7-5-12(21)6-8-13/h1-8H,23H2,(H2,24,25,26,27). The third-order valence-corrected chi connectivity index (χ3v) is 5.24. The molecule has 140 valence electrons. The molecule has 6 nitrogen and oxygen atoms in total. The zero-order chi connectivity index (χ0) is 20.3. The number of nitriles is 1. The number of thiophene rings is 1. The van der Waals surface area contributed by atoms with E-state index in [1.54, 1.807) is 48.5 Å². The van der Waals surface area contributed by atoms with Crippen molar-refractivity contribution in [3.8, 4) is 17.2 Å². The molecule has 3 amide bonds. The molecule has 1 heterocycles. The molecule has 3 rings (SSSR count). The Morgan fingerprint density at radius 3 is 2.14 bits per heavy atom. The molecule has 0 aliphatic rings. The van der Waals surface area contributed by atoms with Crippen molar-refractivity contribution in [1.82, 2.24) is 5.32 Å². The lowest BCUT2D eigenvalue weighted by molar-refractivity contribution is 0.0971. The predicted molar refractivity (Wildman–Crippen MR) is 112 cm³/mol. The van der Waals surface area contributed by atoms with Crippen LogP contribution in [0.3, 0.4) is 0 Å². The molecule has 0 saturated carbocycles. The van der Waals surface area contributed by atoms with Crippen LogP contribution in [-0.2, 0) is 0 Å². The van der Waals surface area contributed by atoms with Gasteiger partial charge in [0.15, 0.2) is 0 Å². The van der Waals surface area contributed by atoms with Gasteiger partial charge in [0.2, 0.25) is 0 Å². The van der Waals surface area contributed by atoms with E-state index in [9.17, 15) is 14.9 Å². The van der Waals surface area contributed by atoms with Crippen molar-refractivity contribution in [2.24, 2.45) is 0 Å². The van der Waals surface area contributed by atoms with E-state index in [1.165, 1.54) is 0 Å². The van der Waals surface area contributed by atoms with Crippen LogP contribution < -0.4 is 16.4 Å². The maximum Gasteiger partial charge on any atom is 0.326 e. The molecule has 28 heavy (non-hydrogen) atoms. The minimum atomic E-state index is -0.722. The number of nitrogen functional groups attached to an aromatic ring is 1. The number of rotatable bonds is 3. The second-order valence-corrected chi connectivity index (χ2v) is 7.50. The van der Waals surface area contributed by atoms with E-state index in [1.807, 2.05) is 6.07 Å². The average Bonchev–Trinajstić information content (AvgIpc) is 3.00. The molecule has 0 aliphatic carbocycles. The molecule has 0 fully saturated rings. The summed E-state index contributed by atoms with van der Waals surface area (Å²) in [4.78, 5) is 25.0. The number of urea groups is 1. The van der Waals surface area contributed by atoms with Gasteiger partial charge in [-0.05, 0) is 42.0 Å². The van der Waals surface area contributed by atoms with Crippen molar-refractivity contribution >= 4 is 57.2 Å². The molecule has 9 heteroatoms. The molecule has 0 unspecified atom stereocenters. The third kappa shape index (κ3) is 4.26. The van der Waals surface area contributed by atoms with E-state index >= 15 is 0 Å². The first kappa shape index (κ1) is 19.7. The Bertz CT molecular complexity index is 1090. The zero-order valence-corrected chi connectivity index (χ0v) is 16.5. The van der Waals surface area contributed by atoms with E-state index in [4.69, 9.17) is 28.9 Å². The normalized spacial score (nSPS) is 10.2. The minimum absolute atomic E-state index is 0.155. The van der Waals surface area contributed by atoms with Crippen LogP contribution in [0.4, 0.5) is 15.5 Å². The zero-order valence-electron chi connectivity index (χ0n) is 14.1. The number of nitrogens with one attached hydrogen (secondary N) is 2. The molecular weight excluding hydrogens is 419 g/mol. The Kier molecular flexibility index (Phi) is 5.85. The molecular formula is C19H12Cl2N4O2S. The molecule has 0 bridgehead atoms. The summed E-state index contributed by atoms with van der Waals surface area (Å²) < 4.78 is 0. The van der Waals surface area contributed by atoms with E-state index in [0.717, 1.165) is 11.3 Å². The summed E-state index contributed by atoms with van der Waals surface area (Å²) in [7, 11) is 0. The number of nitrogens with two attached hydrogens (primary N) is 1. The van der Waals surface area contributed by atoms with Gasteiger partial charge in [-0.3, -0.25) is 10.1 Å². The van der Waals surface area contributed by atoms with Crippen LogP contribution in [0.2, 0.25) is 10.0 Å². The van der Waals surface area contributed by atoms with Gasteiger partial charge in [-0.15, -0.1) is 11.3 Å². The maximum absolute atomic E-state index is 12.7. The van der Waals surface area contributed by atoms with Gasteiger partial charge in [0.1, 0.15) is 15.9 Å². The lowest BCUT2D eigenvalue weighted by Gasteiger charge is -2.08. The average molecular weight is 431 g/mol. The van der Waals surface area contributed by atoms with Gasteiger partial charge in [0, 0.05) is 21.3 Å².